The van der Waals surface area contributed by atoms with Crippen LogP contribution in [0.4, 0.5) is 10.5 Å². The van der Waals surface area contributed by atoms with E-state index in [4.69, 9.17) is 9.84 Å². The number of amides is 1. The van der Waals surface area contributed by atoms with Crippen molar-refractivity contribution in [3.63, 3.8) is 0 Å². The SMILES string of the molecule is CC(C)CN(C[C@@H](O)[C@H](Cc1ccccc1)NC(=O)OCCCC(=O)O)S(=O)(=O)c1ccccc1[N+](=O)[O-]. The molecule has 2 rings (SSSR count). The lowest BCUT2D eigenvalue weighted by atomic mass is 10.0. The van der Waals surface area contributed by atoms with Crippen molar-refractivity contribution in [1.82, 2.24) is 9.62 Å². The van der Waals surface area contributed by atoms with E-state index in [-0.39, 0.29) is 38.3 Å². The third-order valence-electron chi connectivity index (χ3n) is 5.47. The van der Waals surface area contributed by atoms with Crippen molar-refractivity contribution in [3.8, 4) is 0 Å². The van der Waals surface area contributed by atoms with Gasteiger partial charge in [0.05, 0.1) is 23.7 Å². The molecule has 2 atom stereocenters. The van der Waals surface area contributed by atoms with E-state index in [9.17, 15) is 33.2 Å². The molecular formula is C25H33N3O9S. The molecule has 0 aliphatic heterocycles. The van der Waals surface area contributed by atoms with Gasteiger partial charge < -0.3 is 20.3 Å². The van der Waals surface area contributed by atoms with E-state index in [1.807, 2.05) is 0 Å². The molecule has 2 aromatic rings. The standard InChI is InChI=1S/C25H33N3O9S/c1-18(2)16-27(38(35,36)23-12-7-6-11-21(23)28(33)34)17-22(29)20(15-19-9-4-3-5-10-19)26-25(32)37-14-8-13-24(30)31/h3-7,9-12,18,20,22,29H,8,13-17H2,1-2H3,(H,26,32)(H,30,31)/t20-,22+/m0/s1. The van der Waals surface area contributed by atoms with Gasteiger partial charge in [-0.1, -0.05) is 56.3 Å². The fourth-order valence-corrected chi connectivity index (χ4v) is 5.49. The maximum atomic E-state index is 13.5. The molecule has 0 spiro atoms. The average Bonchev–Trinajstić information content (AvgIpc) is 2.86. The molecule has 0 saturated heterocycles. The summed E-state index contributed by atoms with van der Waals surface area (Å²) in [4.78, 5) is 33.3. The summed E-state index contributed by atoms with van der Waals surface area (Å²) in [6, 6.07) is 12.9. The molecule has 0 saturated carbocycles. The van der Waals surface area contributed by atoms with Crippen LogP contribution in [0.1, 0.15) is 32.3 Å². The minimum absolute atomic E-state index is 0.0386. The Balaban J connectivity index is 2.30. The quantitative estimate of drug-likeness (QED) is 0.171. The van der Waals surface area contributed by atoms with E-state index in [0.717, 1.165) is 22.0 Å². The molecule has 208 valence electrons. The number of ether oxygens (including phenoxy) is 1. The number of carbonyl (C=O) groups is 2. The van der Waals surface area contributed by atoms with Crippen molar-refractivity contribution in [1.29, 1.82) is 0 Å². The smallest absolute Gasteiger partial charge is 0.407 e. The highest BCUT2D eigenvalue weighted by molar-refractivity contribution is 7.89. The second-order valence-electron chi connectivity index (χ2n) is 9.08. The number of carboxylic acids is 1. The highest BCUT2D eigenvalue weighted by Crippen LogP contribution is 2.27. The number of hydrogen-bond acceptors (Lipinski definition) is 8. The fourth-order valence-electron chi connectivity index (χ4n) is 3.71. The zero-order valence-electron chi connectivity index (χ0n) is 21.2. The third-order valence-corrected chi connectivity index (χ3v) is 7.35. The molecule has 0 fully saturated rings. The van der Waals surface area contributed by atoms with Gasteiger partial charge in [-0.05, 0) is 30.4 Å². The van der Waals surface area contributed by atoms with Crippen LogP contribution in [0.3, 0.4) is 0 Å². The molecular weight excluding hydrogens is 518 g/mol. The maximum Gasteiger partial charge on any atom is 0.407 e. The summed E-state index contributed by atoms with van der Waals surface area (Å²) in [5, 5.41) is 33.9. The predicted octanol–water partition coefficient (Wildman–Crippen LogP) is 2.80. The number of carbonyl (C=O) groups excluding carboxylic acids is 1. The number of aliphatic hydroxyl groups is 1. The van der Waals surface area contributed by atoms with Gasteiger partial charge in [0.25, 0.3) is 5.69 Å². The van der Waals surface area contributed by atoms with E-state index in [0.29, 0.717) is 0 Å². The van der Waals surface area contributed by atoms with Crippen LogP contribution in [-0.2, 0) is 26.0 Å². The van der Waals surface area contributed by atoms with Gasteiger partial charge in [-0.15, -0.1) is 0 Å². The Morgan fingerprint density at radius 3 is 2.32 bits per heavy atom. The van der Waals surface area contributed by atoms with Gasteiger partial charge in [-0.25, -0.2) is 13.2 Å². The minimum Gasteiger partial charge on any atom is -0.481 e. The molecule has 13 heteroatoms. The number of benzene rings is 2. The largest absolute Gasteiger partial charge is 0.481 e. The summed E-state index contributed by atoms with van der Waals surface area (Å²) in [6.07, 6.45) is -2.26. The molecule has 12 nitrogen and oxygen atoms in total. The maximum absolute atomic E-state index is 13.5. The molecule has 0 aliphatic carbocycles. The topological polar surface area (TPSA) is 176 Å². The van der Waals surface area contributed by atoms with Crippen LogP contribution in [0.25, 0.3) is 0 Å². The Hall–Kier alpha value is -3.55. The Morgan fingerprint density at radius 1 is 1.08 bits per heavy atom. The molecule has 0 aliphatic rings. The summed E-state index contributed by atoms with van der Waals surface area (Å²) in [7, 11) is -4.40. The molecule has 1 amide bonds. The molecule has 0 aromatic heterocycles. The fraction of sp³-hybridized carbons (Fsp3) is 0.440. The Morgan fingerprint density at radius 2 is 1.71 bits per heavy atom. The van der Waals surface area contributed by atoms with Crippen LogP contribution in [0.2, 0.25) is 0 Å². The van der Waals surface area contributed by atoms with Crippen molar-refractivity contribution in [3.05, 3.63) is 70.3 Å². The first-order valence-electron chi connectivity index (χ1n) is 12.0. The Labute approximate surface area is 221 Å². The Kier molecular flexibility index (Phi) is 11.6. The number of para-hydroxylation sites is 1. The number of hydrogen-bond donors (Lipinski definition) is 3. The number of rotatable bonds is 15. The van der Waals surface area contributed by atoms with Crippen molar-refractivity contribution >= 4 is 27.8 Å². The van der Waals surface area contributed by atoms with Gasteiger partial charge in [0, 0.05) is 25.6 Å². The molecule has 2 aromatic carbocycles. The van der Waals surface area contributed by atoms with Crippen molar-refractivity contribution in [2.24, 2.45) is 5.92 Å². The Bertz CT molecular complexity index is 1190. The van der Waals surface area contributed by atoms with Crippen molar-refractivity contribution < 1.29 is 37.9 Å². The zero-order chi connectivity index (χ0) is 28.3. The first-order valence-corrected chi connectivity index (χ1v) is 13.5. The number of alkyl carbamates (subject to hydrolysis) is 1. The van der Waals surface area contributed by atoms with Crippen LogP contribution in [0.5, 0.6) is 0 Å². The van der Waals surface area contributed by atoms with Crippen LogP contribution < -0.4 is 5.32 Å². The number of aliphatic hydroxyl groups excluding tert-OH is 1. The number of carboxylic acid groups (broad SMARTS) is 1. The highest BCUT2D eigenvalue weighted by Gasteiger charge is 2.35. The van der Waals surface area contributed by atoms with Gasteiger partial charge in [-0.3, -0.25) is 14.9 Å². The summed E-state index contributed by atoms with van der Waals surface area (Å²) >= 11 is 0. The number of aliphatic carboxylic acids is 1. The van der Waals surface area contributed by atoms with E-state index >= 15 is 0 Å². The summed E-state index contributed by atoms with van der Waals surface area (Å²) in [5.41, 5.74) is 0.166. The molecule has 0 bridgehead atoms. The average molecular weight is 552 g/mol. The van der Waals surface area contributed by atoms with E-state index < -0.39 is 56.3 Å². The van der Waals surface area contributed by atoms with Crippen LogP contribution in [-0.4, -0.2) is 71.8 Å². The van der Waals surface area contributed by atoms with Gasteiger partial charge in [0.15, 0.2) is 4.90 Å². The lowest BCUT2D eigenvalue weighted by Crippen LogP contribution is -2.51. The second kappa shape index (κ2) is 14.4. The van der Waals surface area contributed by atoms with Crippen LogP contribution >= 0.6 is 0 Å². The van der Waals surface area contributed by atoms with Crippen molar-refractivity contribution in [2.45, 2.75) is 50.2 Å². The summed E-state index contributed by atoms with van der Waals surface area (Å²) < 4.78 is 33.0. The number of nitrogens with one attached hydrogen (secondary N) is 1. The van der Waals surface area contributed by atoms with Gasteiger partial charge >= 0.3 is 12.1 Å². The number of sulfonamides is 1. The molecule has 0 radical (unpaired) electrons. The first kappa shape index (κ1) is 30.7. The normalized spacial score (nSPS) is 13.2. The van der Waals surface area contributed by atoms with Crippen molar-refractivity contribution in [2.75, 3.05) is 19.7 Å². The zero-order valence-corrected chi connectivity index (χ0v) is 22.0. The van der Waals surface area contributed by atoms with Gasteiger partial charge in [-0.2, -0.15) is 4.31 Å². The minimum atomic E-state index is -4.40. The van der Waals surface area contributed by atoms with Gasteiger partial charge in [0.1, 0.15) is 0 Å². The van der Waals surface area contributed by atoms with Crippen LogP contribution in [0.15, 0.2) is 59.5 Å². The number of nitro benzene ring substituents is 1. The lowest BCUT2D eigenvalue weighted by molar-refractivity contribution is -0.387. The number of nitro groups is 1. The van der Waals surface area contributed by atoms with E-state index in [1.54, 1.807) is 44.2 Å². The highest BCUT2D eigenvalue weighted by atomic mass is 32.2. The van der Waals surface area contributed by atoms with E-state index in [1.165, 1.54) is 12.1 Å². The van der Waals surface area contributed by atoms with Crippen LogP contribution in [0, 0.1) is 16.0 Å². The molecule has 0 unspecified atom stereocenters. The molecule has 0 heterocycles. The summed E-state index contributed by atoms with van der Waals surface area (Å²) in [6.45, 7) is 2.88. The monoisotopic (exact) mass is 551 g/mol. The first-order chi connectivity index (χ1) is 17.9. The third kappa shape index (κ3) is 9.39. The van der Waals surface area contributed by atoms with Gasteiger partial charge in [0.2, 0.25) is 10.0 Å². The number of nitrogens with zero attached hydrogens (tertiary/aromatic N) is 2. The lowest BCUT2D eigenvalue weighted by Gasteiger charge is -2.30. The molecule has 3 N–H and O–H groups in total. The van der Waals surface area contributed by atoms with E-state index in [2.05, 4.69) is 5.32 Å². The molecule has 38 heavy (non-hydrogen) atoms. The second-order valence-corrected chi connectivity index (χ2v) is 11.0. The predicted molar refractivity (Wildman–Crippen MR) is 138 cm³/mol. The summed E-state index contributed by atoms with van der Waals surface area (Å²) in [5.74, 6) is -1.21.